The Hall–Kier alpha value is -1.07. The number of hydrogen-bond donors (Lipinski definition) is 1. The Morgan fingerprint density at radius 3 is 2.94 bits per heavy atom. The molecule has 0 saturated carbocycles. The van der Waals surface area contributed by atoms with Gasteiger partial charge in [0, 0.05) is 6.04 Å². The number of rotatable bonds is 5. The summed E-state index contributed by atoms with van der Waals surface area (Å²) in [6.45, 7) is 0.799. The third kappa shape index (κ3) is 3.71. The molecular formula is C13H19NO3S. The van der Waals surface area contributed by atoms with Crippen LogP contribution in [0.3, 0.4) is 0 Å². The standard InChI is InChI=1S/C13H19NO3S/c1-17-13-4-2-3-11(9-13)5-7-14-12-6-8-18(15,16)10-12/h2-4,9,12,14H,5-8,10H2,1H3. The Kier molecular flexibility index (Phi) is 4.24. The van der Waals surface area contributed by atoms with Crippen LogP contribution >= 0.6 is 0 Å². The normalized spacial score (nSPS) is 21.9. The van der Waals surface area contributed by atoms with Gasteiger partial charge in [0.1, 0.15) is 5.75 Å². The number of hydrogen-bond acceptors (Lipinski definition) is 4. The highest BCUT2D eigenvalue weighted by molar-refractivity contribution is 7.91. The molecule has 5 heteroatoms. The molecule has 1 heterocycles. The van der Waals surface area contributed by atoms with E-state index >= 15 is 0 Å². The van der Waals surface area contributed by atoms with Gasteiger partial charge in [0.25, 0.3) is 0 Å². The first-order valence-electron chi connectivity index (χ1n) is 6.16. The second-order valence-corrected chi connectivity index (χ2v) is 6.88. The molecule has 0 aliphatic carbocycles. The monoisotopic (exact) mass is 269 g/mol. The molecule has 18 heavy (non-hydrogen) atoms. The van der Waals surface area contributed by atoms with Gasteiger partial charge < -0.3 is 10.1 Å². The van der Waals surface area contributed by atoms with Gasteiger partial charge in [-0.3, -0.25) is 0 Å². The molecule has 1 aliphatic rings. The van der Waals surface area contributed by atoms with E-state index in [1.165, 1.54) is 5.56 Å². The summed E-state index contributed by atoms with van der Waals surface area (Å²) in [5.41, 5.74) is 1.20. The Balaban J connectivity index is 1.78. The van der Waals surface area contributed by atoms with Crippen LogP contribution in [0.2, 0.25) is 0 Å². The largest absolute Gasteiger partial charge is 0.497 e. The van der Waals surface area contributed by atoms with E-state index in [2.05, 4.69) is 11.4 Å². The van der Waals surface area contributed by atoms with E-state index in [0.29, 0.717) is 5.75 Å². The summed E-state index contributed by atoms with van der Waals surface area (Å²) in [7, 11) is -1.13. The van der Waals surface area contributed by atoms with Crippen LogP contribution in [0.1, 0.15) is 12.0 Å². The van der Waals surface area contributed by atoms with Gasteiger partial charge in [-0.25, -0.2) is 8.42 Å². The van der Waals surface area contributed by atoms with Gasteiger partial charge in [-0.2, -0.15) is 0 Å². The number of benzene rings is 1. The van der Waals surface area contributed by atoms with Crippen LogP contribution in [-0.4, -0.2) is 39.6 Å². The van der Waals surface area contributed by atoms with Gasteiger partial charge >= 0.3 is 0 Å². The molecule has 1 fully saturated rings. The Labute approximate surface area is 108 Å². The summed E-state index contributed by atoms with van der Waals surface area (Å²) < 4.78 is 27.8. The van der Waals surface area contributed by atoms with Crippen molar-refractivity contribution >= 4 is 9.84 Å². The summed E-state index contributed by atoms with van der Waals surface area (Å²) in [6, 6.07) is 8.07. The van der Waals surface area contributed by atoms with Crippen LogP contribution in [0.4, 0.5) is 0 Å². The lowest BCUT2D eigenvalue weighted by Gasteiger charge is -2.10. The van der Waals surface area contributed by atoms with Crippen LogP contribution in [0.25, 0.3) is 0 Å². The van der Waals surface area contributed by atoms with Gasteiger partial charge in [0.15, 0.2) is 9.84 Å². The lowest BCUT2D eigenvalue weighted by molar-refractivity contribution is 0.414. The minimum atomic E-state index is -2.78. The Bertz CT molecular complexity index is 499. The SMILES string of the molecule is COc1cccc(CCNC2CCS(=O)(=O)C2)c1. The molecule has 1 unspecified atom stereocenters. The topological polar surface area (TPSA) is 55.4 Å². The molecule has 1 N–H and O–H groups in total. The molecule has 0 radical (unpaired) electrons. The summed E-state index contributed by atoms with van der Waals surface area (Å²) in [4.78, 5) is 0. The third-order valence-corrected chi connectivity index (χ3v) is 4.98. The van der Waals surface area contributed by atoms with Crippen LogP contribution in [-0.2, 0) is 16.3 Å². The zero-order valence-electron chi connectivity index (χ0n) is 10.6. The van der Waals surface area contributed by atoms with Crippen molar-refractivity contribution in [2.45, 2.75) is 18.9 Å². The molecule has 1 aromatic carbocycles. The van der Waals surface area contributed by atoms with Crippen molar-refractivity contribution in [1.29, 1.82) is 0 Å². The van der Waals surface area contributed by atoms with E-state index in [0.717, 1.165) is 25.1 Å². The average Bonchev–Trinajstić information content (AvgIpc) is 2.69. The van der Waals surface area contributed by atoms with Gasteiger partial charge in [-0.05, 0) is 37.1 Å². The van der Waals surface area contributed by atoms with Crippen molar-refractivity contribution in [3.63, 3.8) is 0 Å². The van der Waals surface area contributed by atoms with E-state index in [1.54, 1.807) is 7.11 Å². The van der Waals surface area contributed by atoms with Crippen LogP contribution in [0.5, 0.6) is 5.75 Å². The second-order valence-electron chi connectivity index (χ2n) is 4.66. The van der Waals surface area contributed by atoms with Gasteiger partial charge in [-0.15, -0.1) is 0 Å². The second kappa shape index (κ2) is 5.71. The zero-order chi connectivity index (χ0) is 13.0. The van der Waals surface area contributed by atoms with Crippen molar-refractivity contribution in [2.75, 3.05) is 25.2 Å². The van der Waals surface area contributed by atoms with E-state index in [9.17, 15) is 8.42 Å². The first kappa shape index (κ1) is 13.4. The van der Waals surface area contributed by atoms with Crippen molar-refractivity contribution in [2.24, 2.45) is 0 Å². The fourth-order valence-electron chi connectivity index (χ4n) is 2.20. The van der Waals surface area contributed by atoms with Gasteiger partial charge in [-0.1, -0.05) is 12.1 Å². The molecular weight excluding hydrogens is 250 g/mol. The molecule has 100 valence electrons. The lowest BCUT2D eigenvalue weighted by Crippen LogP contribution is -2.31. The molecule has 0 amide bonds. The summed E-state index contributed by atoms with van der Waals surface area (Å²) in [5.74, 6) is 1.46. The highest BCUT2D eigenvalue weighted by Gasteiger charge is 2.26. The smallest absolute Gasteiger partial charge is 0.151 e. The minimum absolute atomic E-state index is 0.126. The Morgan fingerprint density at radius 1 is 1.44 bits per heavy atom. The van der Waals surface area contributed by atoms with Crippen molar-refractivity contribution in [3.8, 4) is 5.75 Å². The zero-order valence-corrected chi connectivity index (χ0v) is 11.4. The molecule has 0 spiro atoms. The van der Waals surface area contributed by atoms with E-state index in [-0.39, 0.29) is 11.8 Å². The average molecular weight is 269 g/mol. The first-order chi connectivity index (χ1) is 8.59. The van der Waals surface area contributed by atoms with E-state index in [1.807, 2.05) is 18.2 Å². The Morgan fingerprint density at radius 2 is 2.28 bits per heavy atom. The predicted molar refractivity (Wildman–Crippen MR) is 71.8 cm³/mol. The quantitative estimate of drug-likeness (QED) is 0.867. The minimum Gasteiger partial charge on any atom is -0.497 e. The van der Waals surface area contributed by atoms with Crippen LogP contribution in [0.15, 0.2) is 24.3 Å². The predicted octanol–water partition coefficient (Wildman–Crippen LogP) is 1.01. The van der Waals surface area contributed by atoms with Crippen molar-refractivity contribution in [1.82, 2.24) is 5.32 Å². The molecule has 1 saturated heterocycles. The highest BCUT2D eigenvalue weighted by atomic mass is 32.2. The summed E-state index contributed by atoms with van der Waals surface area (Å²) >= 11 is 0. The lowest BCUT2D eigenvalue weighted by atomic mass is 10.1. The van der Waals surface area contributed by atoms with Gasteiger partial charge in [0.05, 0.1) is 18.6 Å². The molecule has 1 aromatic rings. The highest BCUT2D eigenvalue weighted by Crippen LogP contribution is 2.14. The molecule has 0 bridgehead atoms. The number of nitrogens with one attached hydrogen (secondary N) is 1. The summed E-state index contributed by atoms with van der Waals surface area (Å²) in [5, 5.41) is 3.30. The van der Waals surface area contributed by atoms with Crippen LogP contribution < -0.4 is 10.1 Å². The van der Waals surface area contributed by atoms with Crippen molar-refractivity contribution in [3.05, 3.63) is 29.8 Å². The molecule has 1 atom stereocenters. The third-order valence-electron chi connectivity index (χ3n) is 3.21. The van der Waals surface area contributed by atoms with Gasteiger partial charge in [0.2, 0.25) is 0 Å². The molecule has 4 nitrogen and oxygen atoms in total. The van der Waals surface area contributed by atoms with Crippen LogP contribution in [0, 0.1) is 0 Å². The maximum absolute atomic E-state index is 11.3. The number of ether oxygens (including phenoxy) is 1. The molecule has 2 rings (SSSR count). The fraction of sp³-hybridized carbons (Fsp3) is 0.538. The van der Waals surface area contributed by atoms with Crippen molar-refractivity contribution < 1.29 is 13.2 Å². The fourth-order valence-corrected chi connectivity index (χ4v) is 3.91. The molecule has 0 aromatic heterocycles. The summed E-state index contributed by atoms with van der Waals surface area (Å²) in [6.07, 6.45) is 1.62. The number of methoxy groups -OCH3 is 1. The van der Waals surface area contributed by atoms with E-state index in [4.69, 9.17) is 4.74 Å². The maximum atomic E-state index is 11.3. The number of sulfone groups is 1. The molecule has 1 aliphatic heterocycles. The van der Waals surface area contributed by atoms with E-state index < -0.39 is 9.84 Å². The first-order valence-corrected chi connectivity index (χ1v) is 7.98. The maximum Gasteiger partial charge on any atom is 0.151 e.